The van der Waals surface area contributed by atoms with Crippen LogP contribution >= 0.6 is 0 Å². The fourth-order valence-electron chi connectivity index (χ4n) is 3.44. The van der Waals surface area contributed by atoms with Crippen LogP contribution in [0.4, 0.5) is 0 Å². The van der Waals surface area contributed by atoms with Crippen LogP contribution in [0.3, 0.4) is 0 Å². The number of phenolic OH excluding ortho intramolecular Hbond substituents is 1. The van der Waals surface area contributed by atoms with Gasteiger partial charge in [0.15, 0.2) is 0 Å². The third kappa shape index (κ3) is 3.50. The van der Waals surface area contributed by atoms with Crippen LogP contribution in [0.1, 0.15) is 62.8 Å². The summed E-state index contributed by atoms with van der Waals surface area (Å²) in [5.74, 6) is 0.477. The normalized spacial score (nSPS) is 12.2. The van der Waals surface area contributed by atoms with Crippen molar-refractivity contribution < 1.29 is 5.11 Å². The molecule has 0 spiro atoms. The lowest BCUT2D eigenvalue weighted by Crippen LogP contribution is -1.98. The van der Waals surface area contributed by atoms with E-state index in [0.717, 1.165) is 36.8 Å². The molecule has 0 aliphatic heterocycles. The van der Waals surface area contributed by atoms with Gasteiger partial charge in [0, 0.05) is 5.56 Å². The lowest BCUT2D eigenvalue weighted by Gasteiger charge is -2.18. The van der Waals surface area contributed by atoms with E-state index in [1.165, 1.54) is 22.3 Å². The minimum atomic E-state index is 0.477. The summed E-state index contributed by atoms with van der Waals surface area (Å²) >= 11 is 0. The summed E-state index contributed by atoms with van der Waals surface area (Å²) in [6, 6.07) is 14.8. The van der Waals surface area contributed by atoms with Crippen molar-refractivity contribution in [3.63, 3.8) is 0 Å². The first-order chi connectivity index (χ1) is 11.2. The first-order valence-corrected chi connectivity index (χ1v) is 8.79. The first kappa shape index (κ1) is 17.3. The largest absolute Gasteiger partial charge is 0.507 e. The molecule has 0 heterocycles. The Hall–Kier alpha value is -2.02. The molecule has 0 bridgehead atoms. The maximum Gasteiger partial charge on any atom is 0.126 e. The van der Waals surface area contributed by atoms with Gasteiger partial charge < -0.3 is 5.11 Å². The van der Waals surface area contributed by atoms with Crippen molar-refractivity contribution in [2.45, 2.75) is 53.4 Å². The zero-order chi connectivity index (χ0) is 16.8. The van der Waals surface area contributed by atoms with Gasteiger partial charge in [0.2, 0.25) is 0 Å². The van der Waals surface area contributed by atoms with Crippen LogP contribution in [0.2, 0.25) is 0 Å². The SMILES string of the molecule is CCC(=C(CC)c1ccc(CC)c(CC)c1O)c1ccccc1. The van der Waals surface area contributed by atoms with Crippen LogP contribution in [0, 0.1) is 0 Å². The summed E-state index contributed by atoms with van der Waals surface area (Å²) in [6.45, 7) is 8.62. The average Bonchev–Trinajstić information content (AvgIpc) is 2.60. The predicted molar refractivity (Wildman–Crippen MR) is 101 cm³/mol. The molecule has 0 radical (unpaired) electrons. The number of benzene rings is 2. The van der Waals surface area contributed by atoms with E-state index in [1.54, 1.807) is 0 Å². The first-order valence-electron chi connectivity index (χ1n) is 8.79. The Morgan fingerprint density at radius 3 is 1.96 bits per heavy atom. The lowest BCUT2D eigenvalue weighted by molar-refractivity contribution is 0.466. The predicted octanol–water partition coefficient (Wildman–Crippen LogP) is 6.25. The van der Waals surface area contributed by atoms with Crippen LogP contribution < -0.4 is 0 Å². The topological polar surface area (TPSA) is 20.2 Å². The number of allylic oxidation sites excluding steroid dienone is 2. The van der Waals surface area contributed by atoms with E-state index < -0.39 is 0 Å². The fraction of sp³-hybridized carbons (Fsp3) is 0.364. The van der Waals surface area contributed by atoms with Crippen molar-refractivity contribution in [2.24, 2.45) is 0 Å². The summed E-state index contributed by atoms with van der Waals surface area (Å²) in [4.78, 5) is 0. The zero-order valence-corrected chi connectivity index (χ0v) is 14.8. The molecule has 0 atom stereocenters. The van der Waals surface area contributed by atoms with E-state index in [1.807, 2.05) is 6.07 Å². The number of rotatable bonds is 6. The maximum absolute atomic E-state index is 10.9. The Labute approximate surface area is 140 Å². The molecule has 2 rings (SSSR count). The van der Waals surface area contributed by atoms with Crippen LogP contribution in [0.15, 0.2) is 42.5 Å². The molecule has 0 amide bonds. The van der Waals surface area contributed by atoms with Gasteiger partial charge in [0.05, 0.1) is 0 Å². The number of hydrogen-bond donors (Lipinski definition) is 1. The highest BCUT2D eigenvalue weighted by molar-refractivity contribution is 5.92. The molecule has 1 N–H and O–H groups in total. The number of aryl methyl sites for hydroxylation is 1. The van der Waals surface area contributed by atoms with Crippen molar-refractivity contribution in [3.05, 3.63) is 64.7 Å². The second-order valence-electron chi connectivity index (χ2n) is 5.84. The van der Waals surface area contributed by atoms with E-state index in [4.69, 9.17) is 0 Å². The van der Waals surface area contributed by atoms with E-state index in [-0.39, 0.29) is 0 Å². The van der Waals surface area contributed by atoms with Gasteiger partial charge in [0.1, 0.15) is 5.75 Å². The fourth-order valence-corrected chi connectivity index (χ4v) is 3.44. The highest BCUT2D eigenvalue weighted by atomic mass is 16.3. The Bertz CT molecular complexity index is 681. The molecule has 0 unspecified atom stereocenters. The minimum Gasteiger partial charge on any atom is -0.507 e. The van der Waals surface area contributed by atoms with Gasteiger partial charge in [-0.25, -0.2) is 0 Å². The van der Waals surface area contributed by atoms with E-state index >= 15 is 0 Å². The van der Waals surface area contributed by atoms with Crippen molar-refractivity contribution in [3.8, 4) is 5.75 Å². The molecule has 0 saturated heterocycles. The van der Waals surface area contributed by atoms with Crippen molar-refractivity contribution in [1.29, 1.82) is 0 Å². The minimum absolute atomic E-state index is 0.477. The molecule has 1 nitrogen and oxygen atoms in total. The molecular weight excluding hydrogens is 280 g/mol. The Morgan fingerprint density at radius 1 is 0.783 bits per heavy atom. The highest BCUT2D eigenvalue weighted by Gasteiger charge is 2.16. The Morgan fingerprint density at radius 2 is 1.43 bits per heavy atom. The molecular formula is C22H28O. The second-order valence-corrected chi connectivity index (χ2v) is 5.84. The molecule has 0 fully saturated rings. The van der Waals surface area contributed by atoms with Gasteiger partial charge in [-0.05, 0) is 53.5 Å². The summed E-state index contributed by atoms with van der Waals surface area (Å²) in [5.41, 5.74) is 7.19. The van der Waals surface area contributed by atoms with Crippen LogP contribution in [0.25, 0.3) is 11.1 Å². The van der Waals surface area contributed by atoms with E-state index in [9.17, 15) is 5.11 Å². The number of hydrogen-bond acceptors (Lipinski definition) is 1. The molecule has 23 heavy (non-hydrogen) atoms. The Kier molecular flexibility index (Phi) is 6.04. The zero-order valence-electron chi connectivity index (χ0n) is 14.8. The van der Waals surface area contributed by atoms with Crippen molar-refractivity contribution in [2.75, 3.05) is 0 Å². The average molecular weight is 308 g/mol. The van der Waals surface area contributed by atoms with E-state index in [0.29, 0.717) is 5.75 Å². The third-order valence-corrected chi connectivity index (χ3v) is 4.63. The lowest BCUT2D eigenvalue weighted by atomic mass is 9.88. The maximum atomic E-state index is 10.9. The van der Waals surface area contributed by atoms with Gasteiger partial charge >= 0.3 is 0 Å². The molecule has 0 saturated carbocycles. The van der Waals surface area contributed by atoms with Gasteiger partial charge in [0.25, 0.3) is 0 Å². The van der Waals surface area contributed by atoms with Crippen LogP contribution in [-0.2, 0) is 12.8 Å². The number of phenols is 1. The molecule has 122 valence electrons. The Balaban J connectivity index is 2.67. The molecule has 2 aromatic rings. The summed E-state index contributed by atoms with van der Waals surface area (Å²) in [6.07, 6.45) is 3.71. The molecule has 0 aliphatic carbocycles. The standard InChI is InChI=1S/C22H28O/c1-5-16-14-15-21(22(23)19(16)7-3)20(8-4)18(6-2)17-12-10-9-11-13-17/h9-15,23H,5-8H2,1-4H3. The molecule has 1 heteroatoms. The smallest absolute Gasteiger partial charge is 0.126 e. The monoisotopic (exact) mass is 308 g/mol. The highest BCUT2D eigenvalue weighted by Crippen LogP contribution is 2.38. The van der Waals surface area contributed by atoms with Gasteiger partial charge in [-0.15, -0.1) is 0 Å². The van der Waals surface area contributed by atoms with Crippen LogP contribution in [-0.4, -0.2) is 5.11 Å². The van der Waals surface area contributed by atoms with Crippen LogP contribution in [0.5, 0.6) is 5.75 Å². The number of aromatic hydroxyl groups is 1. The van der Waals surface area contributed by atoms with E-state index in [2.05, 4.69) is 64.1 Å². The van der Waals surface area contributed by atoms with Crippen molar-refractivity contribution in [1.82, 2.24) is 0 Å². The third-order valence-electron chi connectivity index (χ3n) is 4.63. The molecule has 2 aromatic carbocycles. The van der Waals surface area contributed by atoms with Crippen molar-refractivity contribution >= 4 is 11.1 Å². The molecule has 0 aromatic heterocycles. The van der Waals surface area contributed by atoms with Gasteiger partial charge in [-0.3, -0.25) is 0 Å². The summed E-state index contributed by atoms with van der Waals surface area (Å²) < 4.78 is 0. The van der Waals surface area contributed by atoms with Gasteiger partial charge in [-0.1, -0.05) is 70.2 Å². The summed E-state index contributed by atoms with van der Waals surface area (Å²) in [5, 5.41) is 10.9. The second kappa shape index (κ2) is 8.01. The quantitative estimate of drug-likeness (QED) is 0.625. The molecule has 0 aliphatic rings. The van der Waals surface area contributed by atoms with Gasteiger partial charge in [-0.2, -0.15) is 0 Å². The summed E-state index contributed by atoms with van der Waals surface area (Å²) in [7, 11) is 0.